The average Bonchev–Trinajstić information content (AvgIpc) is 2.76. The van der Waals surface area contributed by atoms with Crippen molar-refractivity contribution in [2.24, 2.45) is 0 Å². The summed E-state index contributed by atoms with van der Waals surface area (Å²) in [6.07, 6.45) is 0. The van der Waals surface area contributed by atoms with E-state index < -0.39 is 0 Å². The fourth-order valence-corrected chi connectivity index (χ4v) is 2.89. The van der Waals surface area contributed by atoms with Crippen molar-refractivity contribution < 1.29 is 9.59 Å². The highest BCUT2D eigenvalue weighted by atomic mass is 35.5. The average molecular weight is 404 g/mol. The molecule has 6 heteroatoms. The lowest BCUT2D eigenvalue weighted by Crippen LogP contribution is -2.15. The molecular formula is C23H18ClN3O2. The molecule has 0 saturated carbocycles. The molecule has 0 aliphatic carbocycles. The van der Waals surface area contributed by atoms with Crippen LogP contribution in [-0.2, 0) is 5.88 Å². The van der Waals surface area contributed by atoms with Crippen molar-refractivity contribution in [1.82, 2.24) is 0 Å². The number of benzene rings is 3. The number of anilines is 2. The molecular weight excluding hydrogens is 386 g/mol. The van der Waals surface area contributed by atoms with Gasteiger partial charge in [0.15, 0.2) is 0 Å². The van der Waals surface area contributed by atoms with Crippen molar-refractivity contribution in [3.63, 3.8) is 0 Å². The van der Waals surface area contributed by atoms with E-state index in [0.29, 0.717) is 33.9 Å². The highest BCUT2D eigenvalue weighted by molar-refractivity contribution is 6.17. The van der Waals surface area contributed by atoms with Crippen LogP contribution in [0, 0.1) is 18.3 Å². The van der Waals surface area contributed by atoms with Crippen LogP contribution in [-0.4, -0.2) is 11.8 Å². The summed E-state index contributed by atoms with van der Waals surface area (Å²) in [6, 6.07) is 20.8. The Morgan fingerprint density at radius 1 is 0.931 bits per heavy atom. The van der Waals surface area contributed by atoms with E-state index in [9.17, 15) is 9.59 Å². The Morgan fingerprint density at radius 3 is 2.34 bits per heavy atom. The number of halogens is 1. The summed E-state index contributed by atoms with van der Waals surface area (Å²) in [6.45, 7) is 1.87. The van der Waals surface area contributed by atoms with Gasteiger partial charge in [-0.2, -0.15) is 5.26 Å². The fourth-order valence-electron chi connectivity index (χ4n) is 2.72. The zero-order valence-corrected chi connectivity index (χ0v) is 16.5. The molecule has 0 heterocycles. The number of amides is 2. The van der Waals surface area contributed by atoms with Crippen molar-refractivity contribution in [2.75, 3.05) is 10.6 Å². The van der Waals surface area contributed by atoms with Gasteiger partial charge in [-0.1, -0.05) is 18.2 Å². The molecule has 5 nitrogen and oxygen atoms in total. The molecule has 0 unspecified atom stereocenters. The molecule has 3 rings (SSSR count). The van der Waals surface area contributed by atoms with Gasteiger partial charge in [0, 0.05) is 28.4 Å². The quantitative estimate of drug-likeness (QED) is 0.580. The summed E-state index contributed by atoms with van der Waals surface area (Å²) in [5.41, 5.74) is 4.31. The van der Waals surface area contributed by atoms with E-state index in [4.69, 9.17) is 16.9 Å². The Bertz CT molecular complexity index is 1100. The lowest BCUT2D eigenvalue weighted by atomic mass is 10.1. The van der Waals surface area contributed by atoms with Gasteiger partial charge >= 0.3 is 0 Å². The van der Waals surface area contributed by atoms with Crippen molar-refractivity contribution in [1.29, 1.82) is 5.26 Å². The zero-order chi connectivity index (χ0) is 20.8. The number of aryl methyl sites for hydroxylation is 1. The lowest BCUT2D eigenvalue weighted by molar-refractivity contribution is 0.101. The highest BCUT2D eigenvalue weighted by Gasteiger charge is 2.11. The zero-order valence-electron chi connectivity index (χ0n) is 15.7. The van der Waals surface area contributed by atoms with Gasteiger partial charge in [-0.25, -0.2) is 0 Å². The summed E-state index contributed by atoms with van der Waals surface area (Å²) in [4.78, 5) is 25.0. The van der Waals surface area contributed by atoms with Crippen molar-refractivity contribution in [2.45, 2.75) is 12.8 Å². The van der Waals surface area contributed by atoms with Gasteiger partial charge in [-0.3, -0.25) is 9.59 Å². The molecule has 3 aromatic carbocycles. The Kier molecular flexibility index (Phi) is 6.28. The molecule has 2 amide bonds. The molecule has 0 saturated heterocycles. The smallest absolute Gasteiger partial charge is 0.255 e. The first-order valence-corrected chi connectivity index (χ1v) is 9.42. The first kappa shape index (κ1) is 20.1. The van der Waals surface area contributed by atoms with E-state index >= 15 is 0 Å². The third-order valence-corrected chi connectivity index (χ3v) is 4.67. The SMILES string of the molecule is Cc1ccc(NC(=O)c2ccc(C#N)cc2)cc1NC(=O)c1cccc(CCl)c1. The number of hydrogen-bond donors (Lipinski definition) is 2. The van der Waals surface area contributed by atoms with E-state index in [2.05, 4.69) is 10.6 Å². The van der Waals surface area contributed by atoms with Crippen molar-refractivity contribution >= 4 is 34.8 Å². The number of alkyl halides is 1. The third-order valence-electron chi connectivity index (χ3n) is 4.36. The van der Waals surface area contributed by atoms with Gasteiger partial charge in [0.25, 0.3) is 11.8 Å². The number of nitrogens with zero attached hydrogens (tertiary/aromatic N) is 1. The molecule has 0 radical (unpaired) electrons. The molecule has 0 bridgehead atoms. The van der Waals surface area contributed by atoms with Crippen LogP contribution in [0.15, 0.2) is 66.7 Å². The second-order valence-corrected chi connectivity index (χ2v) is 6.73. The maximum atomic E-state index is 12.6. The largest absolute Gasteiger partial charge is 0.322 e. The molecule has 0 aliphatic heterocycles. The predicted molar refractivity (Wildman–Crippen MR) is 114 cm³/mol. The third kappa shape index (κ3) is 5.01. The van der Waals surface area contributed by atoms with E-state index in [1.807, 2.05) is 25.1 Å². The first-order valence-electron chi connectivity index (χ1n) is 8.88. The minimum absolute atomic E-state index is 0.254. The molecule has 0 fully saturated rings. The molecule has 2 N–H and O–H groups in total. The Hall–Kier alpha value is -3.62. The van der Waals surface area contributed by atoms with Gasteiger partial charge in [-0.15, -0.1) is 11.6 Å². The van der Waals surface area contributed by atoms with Gasteiger partial charge in [0.1, 0.15) is 0 Å². The number of rotatable bonds is 5. The highest BCUT2D eigenvalue weighted by Crippen LogP contribution is 2.22. The molecule has 144 valence electrons. The Balaban J connectivity index is 1.76. The van der Waals surface area contributed by atoms with Crippen LogP contribution in [0.5, 0.6) is 0 Å². The lowest BCUT2D eigenvalue weighted by Gasteiger charge is -2.12. The molecule has 3 aromatic rings. The van der Waals surface area contributed by atoms with E-state index in [-0.39, 0.29) is 11.8 Å². The molecule has 0 aliphatic rings. The Labute approximate surface area is 173 Å². The van der Waals surface area contributed by atoms with Gasteiger partial charge < -0.3 is 10.6 Å². The predicted octanol–water partition coefficient (Wildman–Crippen LogP) is 5.11. The summed E-state index contributed by atoms with van der Waals surface area (Å²) in [5, 5.41) is 14.5. The topological polar surface area (TPSA) is 82.0 Å². The summed E-state index contributed by atoms with van der Waals surface area (Å²) >= 11 is 5.84. The monoisotopic (exact) mass is 403 g/mol. The Morgan fingerprint density at radius 2 is 1.66 bits per heavy atom. The van der Waals surface area contributed by atoms with E-state index in [0.717, 1.165) is 11.1 Å². The van der Waals surface area contributed by atoms with Crippen LogP contribution in [0.3, 0.4) is 0 Å². The normalized spacial score (nSPS) is 10.1. The summed E-state index contributed by atoms with van der Waals surface area (Å²) < 4.78 is 0. The second-order valence-electron chi connectivity index (χ2n) is 6.46. The minimum Gasteiger partial charge on any atom is -0.322 e. The van der Waals surface area contributed by atoms with E-state index in [1.165, 1.54) is 0 Å². The van der Waals surface area contributed by atoms with Crippen LogP contribution < -0.4 is 10.6 Å². The van der Waals surface area contributed by atoms with E-state index in [1.54, 1.807) is 54.6 Å². The fraction of sp³-hybridized carbons (Fsp3) is 0.0870. The van der Waals surface area contributed by atoms with Crippen molar-refractivity contribution in [3.8, 4) is 6.07 Å². The molecule has 0 spiro atoms. The summed E-state index contributed by atoms with van der Waals surface area (Å²) in [7, 11) is 0. The molecule has 0 aromatic heterocycles. The summed E-state index contributed by atoms with van der Waals surface area (Å²) in [5.74, 6) is -0.224. The molecule has 0 atom stereocenters. The van der Waals surface area contributed by atoms with Gasteiger partial charge in [0.2, 0.25) is 0 Å². The first-order chi connectivity index (χ1) is 14.0. The van der Waals surface area contributed by atoms with Gasteiger partial charge in [-0.05, 0) is 66.6 Å². The number of nitrogens with one attached hydrogen (secondary N) is 2. The number of carbonyl (C=O) groups is 2. The van der Waals surface area contributed by atoms with Crippen molar-refractivity contribution in [3.05, 3.63) is 94.5 Å². The molecule has 29 heavy (non-hydrogen) atoms. The number of nitriles is 1. The van der Waals surface area contributed by atoms with Crippen LogP contribution >= 0.6 is 11.6 Å². The van der Waals surface area contributed by atoms with Crippen LogP contribution in [0.2, 0.25) is 0 Å². The standard InChI is InChI=1S/C23H18ClN3O2/c1-15-5-10-20(26-22(28)18-8-6-16(14-25)7-9-18)12-21(15)27-23(29)19-4-2-3-17(11-19)13-24/h2-12H,13H2,1H3,(H,26,28)(H,27,29). The maximum absolute atomic E-state index is 12.6. The number of carbonyl (C=O) groups excluding carboxylic acids is 2. The van der Waals surface area contributed by atoms with Crippen LogP contribution in [0.1, 0.15) is 37.4 Å². The number of hydrogen-bond acceptors (Lipinski definition) is 3. The second kappa shape index (κ2) is 9.05. The van der Waals surface area contributed by atoms with Crippen LogP contribution in [0.4, 0.5) is 11.4 Å². The maximum Gasteiger partial charge on any atom is 0.255 e. The van der Waals surface area contributed by atoms with Crippen LogP contribution in [0.25, 0.3) is 0 Å². The van der Waals surface area contributed by atoms with Gasteiger partial charge in [0.05, 0.1) is 11.6 Å². The minimum atomic E-state index is -0.301.